The fourth-order valence-electron chi connectivity index (χ4n) is 1.84. The van der Waals surface area contributed by atoms with Gasteiger partial charge in [0.15, 0.2) is 23.3 Å². The van der Waals surface area contributed by atoms with Crippen LogP contribution < -0.4 is 0 Å². The van der Waals surface area contributed by atoms with E-state index in [-0.39, 0.29) is 13.0 Å². The predicted octanol–water partition coefficient (Wildman–Crippen LogP) is 3.40. The Balaban J connectivity index is 2.62. The summed E-state index contributed by atoms with van der Waals surface area (Å²) in [6, 6.07) is -0.825. The maximum Gasteiger partial charge on any atom is 0.343 e. The van der Waals surface area contributed by atoms with Crippen LogP contribution in [0, 0.1) is 29.1 Å². The Kier molecular flexibility index (Phi) is 5.39. The van der Waals surface area contributed by atoms with E-state index in [0.29, 0.717) is 6.21 Å². The molecule has 4 nitrogen and oxygen atoms in total. The van der Waals surface area contributed by atoms with Gasteiger partial charge >= 0.3 is 5.97 Å². The molecule has 1 aromatic carbocycles. The van der Waals surface area contributed by atoms with Gasteiger partial charge in [0.25, 0.3) is 0 Å². The maximum absolute atomic E-state index is 13.8. The van der Waals surface area contributed by atoms with E-state index in [1.165, 1.54) is 6.92 Å². The first-order chi connectivity index (χ1) is 11.7. The van der Waals surface area contributed by atoms with Gasteiger partial charge in [0.05, 0.1) is 18.2 Å². The number of hydrogen-bond acceptors (Lipinski definition) is 4. The number of alkyl halides is 1. The van der Waals surface area contributed by atoms with E-state index >= 15 is 0 Å². The topological polar surface area (TPSA) is 58.9 Å². The number of nitrogens with zero attached hydrogens (tertiary/aromatic N) is 1. The smallest absolute Gasteiger partial charge is 0.343 e. The van der Waals surface area contributed by atoms with Crippen LogP contribution >= 0.6 is 0 Å². The molecule has 0 spiro atoms. The second-order valence-electron chi connectivity index (χ2n) is 5.02. The molecule has 10 heteroatoms. The van der Waals surface area contributed by atoms with Gasteiger partial charge in [-0.25, -0.2) is 31.1 Å². The molecule has 1 aliphatic carbocycles. The Morgan fingerprint density at radius 2 is 1.64 bits per heavy atom. The number of aliphatic hydroxyl groups excluding tert-OH is 1. The lowest BCUT2D eigenvalue weighted by molar-refractivity contribution is -0.137. The summed E-state index contributed by atoms with van der Waals surface area (Å²) in [7, 11) is 0. The summed E-state index contributed by atoms with van der Waals surface area (Å²) in [4.78, 5) is 15.4. The molecule has 1 saturated carbocycles. The minimum Gasteiger partial charge on any atom is -0.506 e. The molecular formula is C15H11F6NO3. The zero-order valence-corrected chi connectivity index (χ0v) is 12.6. The second-order valence-corrected chi connectivity index (χ2v) is 5.02. The van der Waals surface area contributed by atoms with Gasteiger partial charge in [-0.3, -0.25) is 4.99 Å². The predicted molar refractivity (Wildman–Crippen MR) is 74.2 cm³/mol. The van der Waals surface area contributed by atoms with Crippen LogP contribution in [-0.2, 0) is 9.53 Å². The van der Waals surface area contributed by atoms with Gasteiger partial charge in [-0.05, 0) is 6.92 Å². The van der Waals surface area contributed by atoms with Crippen molar-refractivity contribution in [1.82, 2.24) is 0 Å². The van der Waals surface area contributed by atoms with Gasteiger partial charge < -0.3 is 9.84 Å². The van der Waals surface area contributed by atoms with Crippen LogP contribution in [0.25, 0.3) is 5.76 Å². The molecular weight excluding hydrogens is 356 g/mol. The number of esters is 1. The Morgan fingerprint density at radius 1 is 1.16 bits per heavy atom. The van der Waals surface area contributed by atoms with Crippen molar-refractivity contribution in [2.75, 3.05) is 6.61 Å². The normalized spacial score (nSPS) is 20.6. The SMILES string of the molecule is CCOC(=O)C(C=N[C@@H]1C[C@H]1F)=C(O)c1c(F)c(F)c(F)c(F)c1F. The minimum atomic E-state index is -2.42. The molecule has 0 amide bonds. The number of aliphatic imine (C=N–C) groups is 1. The molecule has 0 saturated heterocycles. The zero-order valence-electron chi connectivity index (χ0n) is 12.6. The van der Waals surface area contributed by atoms with Gasteiger partial charge in [0, 0.05) is 12.6 Å². The average Bonchev–Trinajstić information content (AvgIpc) is 3.27. The van der Waals surface area contributed by atoms with E-state index in [9.17, 15) is 36.2 Å². The van der Waals surface area contributed by atoms with E-state index in [1.54, 1.807) is 0 Å². The van der Waals surface area contributed by atoms with Crippen molar-refractivity contribution in [3.63, 3.8) is 0 Å². The monoisotopic (exact) mass is 367 g/mol. The molecule has 136 valence electrons. The molecule has 1 aliphatic rings. The molecule has 0 bridgehead atoms. The number of carbonyl (C=O) groups is 1. The average molecular weight is 367 g/mol. The van der Waals surface area contributed by atoms with E-state index in [0.717, 1.165) is 0 Å². The summed E-state index contributed by atoms with van der Waals surface area (Å²) in [5.41, 5.74) is -2.68. The Hall–Kier alpha value is -2.52. The number of rotatable bonds is 5. The third-order valence-corrected chi connectivity index (χ3v) is 3.27. The summed E-state index contributed by atoms with van der Waals surface area (Å²) in [5.74, 6) is -14.6. The van der Waals surface area contributed by atoms with Crippen molar-refractivity contribution >= 4 is 17.9 Å². The van der Waals surface area contributed by atoms with Gasteiger partial charge in [-0.2, -0.15) is 0 Å². The number of hydrogen-bond donors (Lipinski definition) is 1. The fraction of sp³-hybridized carbons (Fsp3) is 0.333. The summed E-state index contributed by atoms with van der Waals surface area (Å²) in [6.07, 6.45) is -0.665. The number of halogens is 6. The molecule has 0 heterocycles. The maximum atomic E-state index is 13.8. The van der Waals surface area contributed by atoms with Crippen LogP contribution in [0.3, 0.4) is 0 Å². The van der Waals surface area contributed by atoms with E-state index in [4.69, 9.17) is 0 Å². The van der Waals surface area contributed by atoms with Gasteiger partial charge in [0.1, 0.15) is 17.5 Å². The van der Waals surface area contributed by atoms with Crippen LogP contribution in [0.5, 0.6) is 0 Å². The molecule has 0 radical (unpaired) electrons. The van der Waals surface area contributed by atoms with Crippen LogP contribution in [0.1, 0.15) is 18.9 Å². The molecule has 25 heavy (non-hydrogen) atoms. The van der Waals surface area contributed by atoms with Crippen molar-refractivity contribution in [3.05, 3.63) is 40.2 Å². The quantitative estimate of drug-likeness (QED) is 0.165. The fourth-order valence-corrected chi connectivity index (χ4v) is 1.84. The van der Waals surface area contributed by atoms with Crippen LogP contribution in [0.15, 0.2) is 10.6 Å². The molecule has 2 atom stereocenters. The Morgan fingerprint density at radius 3 is 2.08 bits per heavy atom. The molecule has 2 rings (SSSR count). The third-order valence-electron chi connectivity index (χ3n) is 3.27. The van der Waals surface area contributed by atoms with Crippen molar-refractivity contribution in [3.8, 4) is 0 Å². The van der Waals surface area contributed by atoms with Crippen LogP contribution in [0.2, 0.25) is 0 Å². The summed E-state index contributed by atoms with van der Waals surface area (Å²) >= 11 is 0. The summed E-state index contributed by atoms with van der Waals surface area (Å²) < 4.78 is 84.5. The summed E-state index contributed by atoms with van der Waals surface area (Å²) in [6.45, 7) is 1.16. The highest BCUT2D eigenvalue weighted by molar-refractivity contribution is 6.15. The first-order valence-electron chi connectivity index (χ1n) is 7.00. The Bertz CT molecular complexity index is 748. The molecule has 0 aliphatic heterocycles. The van der Waals surface area contributed by atoms with Crippen molar-refractivity contribution in [2.24, 2.45) is 4.99 Å². The van der Waals surface area contributed by atoms with Gasteiger partial charge in [-0.15, -0.1) is 0 Å². The third kappa shape index (κ3) is 3.62. The number of benzene rings is 1. The lowest BCUT2D eigenvalue weighted by atomic mass is 10.1. The van der Waals surface area contributed by atoms with Gasteiger partial charge in [0.2, 0.25) is 5.82 Å². The standard InChI is InChI=1S/C15H11F6NO3/c1-2-25-15(24)5(4-22-7-3-6(7)16)14(23)8-9(17)11(19)13(21)12(20)10(8)18/h4,6-7,23H,2-3H2,1H3/t6-,7-/m1/s1. The lowest BCUT2D eigenvalue weighted by Crippen LogP contribution is -2.14. The van der Waals surface area contributed by atoms with Crippen molar-refractivity contribution in [2.45, 2.75) is 25.6 Å². The molecule has 1 fully saturated rings. The van der Waals surface area contributed by atoms with Crippen molar-refractivity contribution < 1.29 is 41.0 Å². The highest BCUT2D eigenvalue weighted by Gasteiger charge is 2.37. The van der Waals surface area contributed by atoms with E-state index in [1.807, 2.05) is 0 Å². The Labute approximate surface area is 137 Å². The van der Waals surface area contributed by atoms with E-state index < -0.39 is 64.2 Å². The summed E-state index contributed by atoms with van der Waals surface area (Å²) in [5, 5.41) is 9.94. The van der Waals surface area contributed by atoms with E-state index in [2.05, 4.69) is 9.73 Å². The van der Waals surface area contributed by atoms with Crippen LogP contribution in [0.4, 0.5) is 26.3 Å². The zero-order chi connectivity index (χ0) is 18.9. The second kappa shape index (κ2) is 7.16. The molecule has 0 aromatic heterocycles. The minimum absolute atomic E-state index is 0.0376. The highest BCUT2D eigenvalue weighted by Crippen LogP contribution is 2.31. The highest BCUT2D eigenvalue weighted by atomic mass is 19.2. The van der Waals surface area contributed by atoms with Crippen LogP contribution in [-0.4, -0.2) is 36.1 Å². The number of carbonyl (C=O) groups excluding carboxylic acids is 1. The molecule has 1 aromatic rings. The van der Waals surface area contributed by atoms with Crippen molar-refractivity contribution in [1.29, 1.82) is 0 Å². The lowest BCUT2D eigenvalue weighted by Gasteiger charge is -2.10. The molecule has 0 unspecified atom stereocenters. The first kappa shape index (κ1) is 18.8. The van der Waals surface area contributed by atoms with Gasteiger partial charge in [-0.1, -0.05) is 0 Å². The number of aliphatic hydroxyl groups is 1. The number of ether oxygens (including phenoxy) is 1. The molecule has 1 N–H and O–H groups in total. The largest absolute Gasteiger partial charge is 0.506 e. The first-order valence-corrected chi connectivity index (χ1v) is 7.00.